The number of nitrogens with one attached hydrogen (secondary N) is 4. The number of carbonyl (C=O) groups is 10. The maximum Gasteiger partial charge on any atom is 0.225 e. The van der Waals surface area contributed by atoms with Crippen LogP contribution in [0.15, 0.2) is 0 Å². The van der Waals surface area contributed by atoms with Crippen LogP contribution in [-0.2, 0) is 47.9 Å². The molecule has 5 unspecified atom stereocenters. The lowest BCUT2D eigenvalue weighted by atomic mass is 9.98. The van der Waals surface area contributed by atoms with Gasteiger partial charge in [-0.15, -0.1) is 0 Å². The van der Waals surface area contributed by atoms with Gasteiger partial charge < -0.3 is 45.8 Å². The third-order valence-electron chi connectivity index (χ3n) is 23.8. The second kappa shape index (κ2) is 75.1. The van der Waals surface area contributed by atoms with Gasteiger partial charge in [-0.25, -0.2) is 0 Å². The van der Waals surface area contributed by atoms with Crippen molar-refractivity contribution < 1.29 is 47.9 Å². The third kappa shape index (κ3) is 55.4. The Morgan fingerprint density at radius 2 is 0.374 bits per heavy atom. The highest BCUT2D eigenvalue weighted by atomic mass is 16.2. The molecule has 5 saturated heterocycles. The number of unbranched alkanes of at least 4 members (excludes halogenated alkanes) is 41. The molecule has 19 nitrogen and oxygen atoms in total. The van der Waals surface area contributed by atoms with Crippen LogP contribution in [0.2, 0.25) is 0 Å². The van der Waals surface area contributed by atoms with E-state index in [-0.39, 0.29) is 82.8 Å². The zero-order chi connectivity index (χ0) is 84.6. The first-order valence-corrected chi connectivity index (χ1v) is 49.0. The zero-order valence-electron chi connectivity index (χ0n) is 76.4. The first kappa shape index (κ1) is 108. The fourth-order valence-electron chi connectivity index (χ4n) is 16.0. The number of rotatable bonds is 66. The number of nitrogens with zero attached hydrogens (tertiary/aromatic N) is 5. The number of Topliss-reactive ketones (excluding diaryl/α,β-unsaturated/α-hetero) is 1. The molecule has 5 heterocycles. The lowest BCUT2D eigenvalue weighted by Gasteiger charge is -2.16. The molecular weight excluding hydrogens is 1440 g/mol. The highest BCUT2D eigenvalue weighted by molar-refractivity contribution is 5.92. The van der Waals surface area contributed by atoms with Gasteiger partial charge in [-0.3, -0.25) is 47.9 Å². The van der Waals surface area contributed by atoms with Crippen LogP contribution in [0, 0.1) is 29.6 Å². The molecule has 4 N–H and O–H groups in total. The molecule has 5 aliphatic rings. The van der Waals surface area contributed by atoms with Crippen molar-refractivity contribution in [2.24, 2.45) is 29.6 Å². The van der Waals surface area contributed by atoms with Crippen LogP contribution >= 0.6 is 0 Å². The molecular formula is C96H181N9O10. The Labute approximate surface area is 705 Å². The second-order valence-corrected chi connectivity index (χ2v) is 34.6. The quantitative estimate of drug-likeness (QED) is 0.0420. The number of likely N-dealkylation sites (tertiary alicyclic amines) is 5. The predicted molar refractivity (Wildman–Crippen MR) is 477 cm³/mol. The minimum Gasteiger partial charge on any atom is -0.356 e. The minimum atomic E-state index is -0.131. The second-order valence-electron chi connectivity index (χ2n) is 34.6. The van der Waals surface area contributed by atoms with Gasteiger partial charge in [0.2, 0.25) is 53.2 Å². The van der Waals surface area contributed by atoms with Gasteiger partial charge in [0.05, 0.1) is 23.7 Å². The van der Waals surface area contributed by atoms with E-state index < -0.39 is 0 Å². The van der Waals surface area contributed by atoms with Crippen molar-refractivity contribution >= 4 is 58.9 Å². The Morgan fingerprint density at radius 3 is 0.583 bits per heavy atom. The number of ketones is 1. The number of carbonyl (C=O) groups excluding carboxylic acids is 10. The van der Waals surface area contributed by atoms with Crippen LogP contribution in [0.1, 0.15) is 435 Å². The summed E-state index contributed by atoms with van der Waals surface area (Å²) in [5, 5.41) is 12.0. The normalized spacial score (nSPS) is 17.8. The SMILES string of the molecule is CCCCCCCCCCN1CC(C(=O)CCCCCCC)CC1=O.CCCCCCCCCN1CC(C(=O)NCCCCCC)CC1=O.CCCCCCCCN1CC(C(=O)NCCCCCC)CC1=O.CCCCCCCN1CC(C(=O)NCCCCCC)CC1=O.CCCCCCNC(=O)C1CC(=O)N(CCCCCC)C1. The summed E-state index contributed by atoms with van der Waals surface area (Å²) in [7, 11) is 0. The van der Waals surface area contributed by atoms with E-state index in [1.807, 2.05) is 24.5 Å². The molecule has 670 valence electrons. The topological polar surface area (TPSA) is 235 Å². The van der Waals surface area contributed by atoms with Crippen LogP contribution in [-0.4, -0.2) is 175 Å². The zero-order valence-corrected chi connectivity index (χ0v) is 76.4. The highest BCUT2D eigenvalue weighted by Gasteiger charge is 2.38. The Hall–Kier alpha value is -5.10. The van der Waals surface area contributed by atoms with Crippen LogP contribution in [0.5, 0.6) is 0 Å². The van der Waals surface area contributed by atoms with Gasteiger partial charge in [0, 0.05) is 136 Å². The molecule has 0 aromatic heterocycles. The predicted octanol–water partition coefficient (Wildman–Crippen LogP) is 20.7. The summed E-state index contributed by atoms with van der Waals surface area (Å²) in [4.78, 5) is 130. The van der Waals surface area contributed by atoms with Gasteiger partial charge in [0.1, 0.15) is 5.78 Å². The maximum atomic E-state index is 12.3. The minimum absolute atomic E-state index is 0.0206. The third-order valence-corrected chi connectivity index (χ3v) is 23.8. The monoisotopic (exact) mass is 1620 g/mol. The van der Waals surface area contributed by atoms with E-state index in [4.69, 9.17) is 0 Å². The molecule has 5 rings (SSSR count). The summed E-state index contributed by atoms with van der Waals surface area (Å²) in [6.45, 7) is 32.3. The summed E-state index contributed by atoms with van der Waals surface area (Å²) in [5.41, 5.74) is 0. The van der Waals surface area contributed by atoms with Crippen LogP contribution in [0.4, 0.5) is 0 Å². The molecule has 115 heavy (non-hydrogen) atoms. The Bertz CT molecular complexity index is 2480. The first-order chi connectivity index (χ1) is 55.9. The number of hydrogen-bond acceptors (Lipinski definition) is 10. The number of hydrogen-bond donors (Lipinski definition) is 4. The van der Waals surface area contributed by atoms with Crippen molar-refractivity contribution in [3.05, 3.63) is 0 Å². The standard InChI is InChI=1S/C22H41NO2.C20H38N2O2.C19H36N2O2.C18H34N2O2.C17H32N2O2/c1-3-5-7-9-10-11-13-15-17-23-19-20(18-22(23)25)21(24)16-14-12-8-6-4-2;1-3-5-7-9-10-11-13-15-22-17-18(16-19(22)23)20(24)21-14-12-8-6-4-2;1-3-5-7-9-10-12-14-21-16-17(15-18(21)22)19(23)20-13-11-8-6-4-2;1-3-5-7-9-11-13-20-15-16(14-17(20)21)18(22)19-12-10-8-6-4-2;1-3-5-7-9-11-18-17(21)15-13-16(20)19(14-15)12-10-8-6-4-2/h20H,3-19H2,1-2H3;18H,3-17H2,1-2H3,(H,21,24);17H,3-16H2,1-2H3,(H,20,23);16H,3-15H2,1-2H3,(H,19,22);15H,3-14H2,1-2H3,(H,18,21). The molecule has 5 aliphatic heterocycles. The van der Waals surface area contributed by atoms with Gasteiger partial charge in [0.25, 0.3) is 0 Å². The van der Waals surface area contributed by atoms with Gasteiger partial charge >= 0.3 is 0 Å². The summed E-state index contributed by atoms with van der Waals surface area (Å²) in [6.07, 6.45) is 64.4. The molecule has 9 amide bonds. The van der Waals surface area contributed by atoms with Gasteiger partial charge in [0.15, 0.2) is 0 Å². The van der Waals surface area contributed by atoms with Crippen molar-refractivity contribution in [3.63, 3.8) is 0 Å². The van der Waals surface area contributed by atoms with E-state index in [1.165, 1.54) is 257 Å². The molecule has 0 aromatic carbocycles. The summed E-state index contributed by atoms with van der Waals surface area (Å²) in [5.74, 6) is 0.877. The van der Waals surface area contributed by atoms with E-state index >= 15 is 0 Å². The number of amides is 9. The Kier molecular flexibility index (Phi) is 70.5. The van der Waals surface area contributed by atoms with Gasteiger partial charge in [-0.1, -0.05) is 332 Å². The van der Waals surface area contributed by atoms with Crippen molar-refractivity contribution in [1.82, 2.24) is 45.8 Å². The molecule has 0 saturated carbocycles. The largest absolute Gasteiger partial charge is 0.356 e. The first-order valence-electron chi connectivity index (χ1n) is 49.0. The molecule has 0 spiro atoms. The fraction of sp³-hybridized carbons (Fsp3) is 0.896. The van der Waals surface area contributed by atoms with E-state index in [1.54, 1.807) is 0 Å². The van der Waals surface area contributed by atoms with E-state index in [2.05, 4.69) is 90.5 Å². The Balaban J connectivity index is 0.000000720. The summed E-state index contributed by atoms with van der Waals surface area (Å²) in [6, 6.07) is 0. The molecule has 19 heteroatoms. The lowest BCUT2D eigenvalue weighted by molar-refractivity contribution is -0.129. The average Bonchev–Trinajstić information content (AvgIpc) is 1.75. The molecule has 5 fully saturated rings. The molecule has 0 bridgehead atoms. The van der Waals surface area contributed by atoms with Crippen molar-refractivity contribution in [1.29, 1.82) is 0 Å². The van der Waals surface area contributed by atoms with Gasteiger partial charge in [-0.05, 0) is 64.2 Å². The van der Waals surface area contributed by atoms with E-state index in [0.29, 0.717) is 77.0 Å². The van der Waals surface area contributed by atoms with Crippen LogP contribution in [0.3, 0.4) is 0 Å². The van der Waals surface area contributed by atoms with Gasteiger partial charge in [-0.2, -0.15) is 0 Å². The van der Waals surface area contributed by atoms with Crippen molar-refractivity contribution in [3.8, 4) is 0 Å². The smallest absolute Gasteiger partial charge is 0.225 e. The molecule has 5 atom stereocenters. The van der Waals surface area contributed by atoms with Crippen molar-refractivity contribution in [2.45, 2.75) is 435 Å². The maximum absolute atomic E-state index is 12.3. The van der Waals surface area contributed by atoms with E-state index in [9.17, 15) is 47.9 Å². The van der Waals surface area contributed by atoms with Crippen LogP contribution < -0.4 is 21.3 Å². The average molecular weight is 1620 g/mol. The van der Waals surface area contributed by atoms with Crippen molar-refractivity contribution in [2.75, 3.05) is 91.6 Å². The molecule has 0 aromatic rings. The molecule has 0 aliphatic carbocycles. The summed E-state index contributed by atoms with van der Waals surface area (Å²) >= 11 is 0. The fourth-order valence-corrected chi connectivity index (χ4v) is 16.0. The van der Waals surface area contributed by atoms with Crippen LogP contribution in [0.25, 0.3) is 0 Å². The summed E-state index contributed by atoms with van der Waals surface area (Å²) < 4.78 is 0. The lowest BCUT2D eigenvalue weighted by Crippen LogP contribution is -2.33. The Morgan fingerprint density at radius 1 is 0.217 bits per heavy atom. The molecule has 0 radical (unpaired) electrons. The van der Waals surface area contributed by atoms with E-state index in [0.717, 1.165) is 130 Å². The highest BCUT2D eigenvalue weighted by Crippen LogP contribution is 2.26.